The highest BCUT2D eigenvalue weighted by Crippen LogP contribution is 2.49. The van der Waals surface area contributed by atoms with Crippen molar-refractivity contribution >= 4 is 12.0 Å². The summed E-state index contributed by atoms with van der Waals surface area (Å²) in [7, 11) is 1.24. The first kappa shape index (κ1) is 23.2. The predicted octanol–water partition coefficient (Wildman–Crippen LogP) is 5.58. The molecule has 2 aliphatic rings. The van der Waals surface area contributed by atoms with E-state index in [4.69, 9.17) is 0 Å². The normalized spacial score (nSPS) is 26.6. The molecule has 4 nitrogen and oxygen atoms in total. The number of esters is 1. The molecule has 0 spiro atoms. The Morgan fingerprint density at radius 1 is 1.26 bits per heavy atom. The number of likely N-dealkylation sites (tertiary alicyclic amines) is 1. The molecule has 0 saturated carbocycles. The van der Waals surface area contributed by atoms with Gasteiger partial charge in [0.2, 0.25) is 0 Å². The molecule has 1 aromatic rings. The second-order valence-corrected chi connectivity index (χ2v) is 8.99. The number of benzene rings is 1. The Morgan fingerprint density at radius 2 is 1.90 bits per heavy atom. The lowest BCUT2D eigenvalue weighted by Gasteiger charge is -2.49. The van der Waals surface area contributed by atoms with Gasteiger partial charge in [0.05, 0.1) is 18.9 Å². The molecule has 6 heteroatoms. The molecule has 0 radical (unpaired) electrons. The number of piperidine rings is 1. The minimum absolute atomic E-state index is 0.0145. The van der Waals surface area contributed by atoms with Crippen LogP contribution in [-0.2, 0) is 9.53 Å². The minimum Gasteiger partial charge on any atom is -0.512 e. The highest BCUT2D eigenvalue weighted by molar-refractivity contribution is 5.86. The lowest BCUT2D eigenvalue weighted by molar-refractivity contribution is -0.134. The number of nitrogens with zero attached hydrogens (tertiary/aromatic N) is 1. The van der Waals surface area contributed by atoms with Gasteiger partial charge in [-0.05, 0) is 60.6 Å². The molecule has 1 saturated heterocycles. The average Bonchev–Trinajstić information content (AvgIpc) is 2.70. The van der Waals surface area contributed by atoms with Crippen LogP contribution >= 0.6 is 0 Å². The SMILES string of the molecule is COC(=O)/C=C/c1cc(F)c(C2C3=CC=C(O)C(C)C3CC(C)N2CC(C)C)c(F)c1. The summed E-state index contributed by atoms with van der Waals surface area (Å²) in [5, 5.41) is 10.3. The highest BCUT2D eigenvalue weighted by Gasteiger charge is 2.44. The molecule has 1 aliphatic carbocycles. The second kappa shape index (κ2) is 9.35. The molecule has 0 amide bonds. The molecule has 3 rings (SSSR count). The first-order chi connectivity index (χ1) is 14.6. The van der Waals surface area contributed by atoms with E-state index >= 15 is 8.78 Å². The van der Waals surface area contributed by atoms with Gasteiger partial charge in [-0.25, -0.2) is 13.6 Å². The standard InChI is InChI=1S/C25H31F2NO3/c1-14(2)13-28-15(3)10-19-16(4)22(29)8-7-18(19)25(28)24-20(26)11-17(12-21(24)27)6-9-23(30)31-5/h6-9,11-12,14-16,19,25,29H,10,13H2,1-5H3/b9-6+. The summed E-state index contributed by atoms with van der Waals surface area (Å²) in [5.41, 5.74) is 1.20. The molecule has 168 valence electrons. The number of methoxy groups -OCH3 is 1. The third kappa shape index (κ3) is 4.74. The van der Waals surface area contributed by atoms with Crippen molar-refractivity contribution in [2.75, 3.05) is 13.7 Å². The van der Waals surface area contributed by atoms with Crippen LogP contribution in [0.4, 0.5) is 8.78 Å². The number of allylic oxidation sites excluding steroid dienone is 3. The maximum Gasteiger partial charge on any atom is 0.330 e. The van der Waals surface area contributed by atoms with Crippen LogP contribution in [0.25, 0.3) is 6.08 Å². The van der Waals surface area contributed by atoms with Gasteiger partial charge in [0, 0.05) is 30.1 Å². The third-order valence-corrected chi connectivity index (χ3v) is 6.32. The lowest BCUT2D eigenvalue weighted by Crippen LogP contribution is -2.48. The first-order valence-electron chi connectivity index (χ1n) is 10.7. The molecule has 31 heavy (non-hydrogen) atoms. The quantitative estimate of drug-likeness (QED) is 0.489. The van der Waals surface area contributed by atoms with Crippen LogP contribution in [0, 0.1) is 29.4 Å². The number of ether oxygens (including phenoxy) is 1. The number of halogens is 2. The van der Waals surface area contributed by atoms with Crippen molar-refractivity contribution in [1.82, 2.24) is 4.90 Å². The van der Waals surface area contributed by atoms with E-state index in [-0.39, 0.29) is 29.0 Å². The van der Waals surface area contributed by atoms with E-state index in [0.29, 0.717) is 18.2 Å². The van der Waals surface area contributed by atoms with Crippen molar-refractivity contribution in [3.63, 3.8) is 0 Å². The fourth-order valence-electron chi connectivity index (χ4n) is 4.77. The van der Waals surface area contributed by atoms with Gasteiger partial charge in [0.1, 0.15) is 11.6 Å². The van der Waals surface area contributed by atoms with Crippen LogP contribution in [0.15, 0.2) is 41.7 Å². The van der Waals surface area contributed by atoms with Gasteiger partial charge in [0.25, 0.3) is 0 Å². The largest absolute Gasteiger partial charge is 0.512 e. The van der Waals surface area contributed by atoms with Crippen molar-refractivity contribution in [3.05, 3.63) is 64.5 Å². The summed E-state index contributed by atoms with van der Waals surface area (Å²) >= 11 is 0. The van der Waals surface area contributed by atoms with Gasteiger partial charge in [-0.1, -0.05) is 26.8 Å². The van der Waals surface area contributed by atoms with E-state index in [9.17, 15) is 9.90 Å². The predicted molar refractivity (Wildman–Crippen MR) is 117 cm³/mol. The van der Waals surface area contributed by atoms with Gasteiger partial charge in [-0.15, -0.1) is 0 Å². The number of hydrogen-bond acceptors (Lipinski definition) is 4. The molecule has 1 heterocycles. The van der Waals surface area contributed by atoms with Gasteiger partial charge in [-0.3, -0.25) is 4.90 Å². The smallest absolute Gasteiger partial charge is 0.330 e. The zero-order valence-corrected chi connectivity index (χ0v) is 18.7. The van der Waals surface area contributed by atoms with E-state index in [1.165, 1.54) is 25.3 Å². The molecular formula is C25H31F2NO3. The Kier molecular flexibility index (Phi) is 6.99. The van der Waals surface area contributed by atoms with Gasteiger partial charge in [0.15, 0.2) is 0 Å². The van der Waals surface area contributed by atoms with E-state index < -0.39 is 23.6 Å². The highest BCUT2D eigenvalue weighted by atomic mass is 19.1. The van der Waals surface area contributed by atoms with Crippen molar-refractivity contribution in [3.8, 4) is 0 Å². The summed E-state index contributed by atoms with van der Waals surface area (Å²) in [6.07, 6.45) is 6.76. The maximum atomic E-state index is 15.4. The van der Waals surface area contributed by atoms with E-state index in [1.807, 2.05) is 13.0 Å². The summed E-state index contributed by atoms with van der Waals surface area (Å²) in [5.74, 6) is -1.34. The molecule has 1 N–H and O–H groups in total. The summed E-state index contributed by atoms with van der Waals surface area (Å²) in [6, 6.07) is 2.04. The zero-order chi connectivity index (χ0) is 22.9. The number of carbonyl (C=O) groups is 1. The molecule has 1 aliphatic heterocycles. The Hall–Kier alpha value is -2.47. The Balaban J connectivity index is 2.11. The zero-order valence-electron chi connectivity index (χ0n) is 18.7. The summed E-state index contributed by atoms with van der Waals surface area (Å²) < 4.78 is 35.3. The molecule has 0 aromatic heterocycles. The van der Waals surface area contributed by atoms with Gasteiger partial charge < -0.3 is 9.84 Å². The summed E-state index contributed by atoms with van der Waals surface area (Å²) in [4.78, 5) is 13.5. The van der Waals surface area contributed by atoms with Crippen LogP contribution in [-0.4, -0.2) is 35.7 Å². The van der Waals surface area contributed by atoms with E-state index in [2.05, 4.69) is 30.4 Å². The molecule has 4 unspecified atom stereocenters. The van der Waals surface area contributed by atoms with E-state index in [0.717, 1.165) is 18.1 Å². The number of aliphatic hydroxyl groups is 1. The second-order valence-electron chi connectivity index (χ2n) is 8.99. The molecule has 4 atom stereocenters. The third-order valence-electron chi connectivity index (χ3n) is 6.32. The van der Waals surface area contributed by atoms with Gasteiger partial charge >= 0.3 is 5.97 Å². The van der Waals surface area contributed by atoms with Crippen molar-refractivity contribution in [2.24, 2.45) is 17.8 Å². The van der Waals surface area contributed by atoms with Crippen LogP contribution in [0.5, 0.6) is 0 Å². The van der Waals surface area contributed by atoms with Crippen LogP contribution in [0.1, 0.15) is 51.3 Å². The molecule has 1 aromatic carbocycles. The maximum absolute atomic E-state index is 15.4. The fourth-order valence-corrected chi connectivity index (χ4v) is 4.77. The van der Waals surface area contributed by atoms with Gasteiger partial charge in [-0.2, -0.15) is 0 Å². The number of aliphatic hydroxyl groups excluding tert-OH is 1. The Labute approximate surface area is 182 Å². The number of hydrogen-bond donors (Lipinski definition) is 1. The van der Waals surface area contributed by atoms with Crippen LogP contribution < -0.4 is 0 Å². The topological polar surface area (TPSA) is 49.8 Å². The van der Waals surface area contributed by atoms with Crippen molar-refractivity contribution in [2.45, 2.75) is 46.2 Å². The first-order valence-corrected chi connectivity index (χ1v) is 10.7. The molecular weight excluding hydrogens is 400 g/mol. The average molecular weight is 432 g/mol. The molecule has 1 fully saturated rings. The fraction of sp³-hybridized carbons (Fsp3) is 0.480. The summed E-state index contributed by atoms with van der Waals surface area (Å²) in [6.45, 7) is 8.92. The van der Waals surface area contributed by atoms with Crippen molar-refractivity contribution < 1.29 is 23.4 Å². The lowest BCUT2D eigenvalue weighted by atomic mass is 9.70. The molecule has 0 bridgehead atoms. The van der Waals surface area contributed by atoms with E-state index in [1.54, 1.807) is 6.08 Å². The van der Waals surface area contributed by atoms with Crippen molar-refractivity contribution in [1.29, 1.82) is 0 Å². The van der Waals surface area contributed by atoms with Crippen LogP contribution in [0.2, 0.25) is 0 Å². The minimum atomic E-state index is -0.650. The Bertz CT molecular complexity index is 912. The Morgan fingerprint density at radius 3 is 2.48 bits per heavy atom. The number of carbonyl (C=O) groups excluding carboxylic acids is 1. The number of fused-ring (bicyclic) bond motifs is 1. The monoisotopic (exact) mass is 431 g/mol. The van der Waals surface area contributed by atoms with Crippen LogP contribution in [0.3, 0.4) is 0 Å². The number of rotatable bonds is 5.